The number of rotatable bonds is 24. The van der Waals surface area contributed by atoms with Crippen molar-refractivity contribution in [1.82, 2.24) is 5.32 Å². The number of nitrogens with one attached hydrogen (secondary N) is 1. The SMILES string of the molecule is CC(C)CCOCCOCCOCCNC(=O)CCOCCOCCOCCC(C)C. The van der Waals surface area contributed by atoms with Crippen LogP contribution in [-0.4, -0.2) is 91.7 Å². The van der Waals surface area contributed by atoms with Crippen LogP contribution in [0, 0.1) is 11.8 Å². The van der Waals surface area contributed by atoms with Crippen molar-refractivity contribution in [3.05, 3.63) is 0 Å². The predicted molar refractivity (Wildman–Crippen MR) is 121 cm³/mol. The van der Waals surface area contributed by atoms with E-state index in [1.165, 1.54) is 0 Å². The van der Waals surface area contributed by atoms with Crippen LogP contribution in [0.25, 0.3) is 0 Å². The summed E-state index contributed by atoms with van der Waals surface area (Å²) < 4.78 is 32.6. The second kappa shape index (κ2) is 23.9. The van der Waals surface area contributed by atoms with Crippen LogP contribution in [0.2, 0.25) is 0 Å². The fraction of sp³-hybridized carbons (Fsp3) is 0.957. The van der Waals surface area contributed by atoms with Crippen LogP contribution in [-0.2, 0) is 33.2 Å². The molecule has 0 unspecified atom stereocenters. The smallest absolute Gasteiger partial charge is 0.222 e. The summed E-state index contributed by atoms with van der Waals surface area (Å²) in [6, 6.07) is 0. The highest BCUT2D eigenvalue weighted by Crippen LogP contribution is 1.99. The molecule has 31 heavy (non-hydrogen) atoms. The van der Waals surface area contributed by atoms with E-state index < -0.39 is 0 Å². The molecule has 0 atom stereocenters. The van der Waals surface area contributed by atoms with Gasteiger partial charge < -0.3 is 33.7 Å². The van der Waals surface area contributed by atoms with Crippen molar-refractivity contribution in [2.45, 2.75) is 47.0 Å². The Hall–Kier alpha value is -0.770. The van der Waals surface area contributed by atoms with Gasteiger partial charge in [0.05, 0.1) is 66.1 Å². The summed E-state index contributed by atoms with van der Waals surface area (Å²) in [5.74, 6) is 1.28. The van der Waals surface area contributed by atoms with E-state index in [1.54, 1.807) is 0 Å². The lowest BCUT2D eigenvalue weighted by Gasteiger charge is -2.09. The van der Waals surface area contributed by atoms with E-state index in [-0.39, 0.29) is 5.91 Å². The van der Waals surface area contributed by atoms with Gasteiger partial charge in [0, 0.05) is 26.2 Å². The fourth-order valence-electron chi connectivity index (χ4n) is 2.24. The van der Waals surface area contributed by atoms with Crippen molar-refractivity contribution < 1.29 is 33.2 Å². The number of carbonyl (C=O) groups is 1. The molecule has 8 nitrogen and oxygen atoms in total. The minimum atomic E-state index is -0.0436. The van der Waals surface area contributed by atoms with Gasteiger partial charge in [0.25, 0.3) is 0 Å². The zero-order chi connectivity index (χ0) is 23.0. The van der Waals surface area contributed by atoms with Crippen LogP contribution in [0.1, 0.15) is 47.0 Å². The third-order valence-corrected chi connectivity index (χ3v) is 4.21. The molecule has 0 aromatic heterocycles. The first-order valence-electron chi connectivity index (χ1n) is 11.8. The third-order valence-electron chi connectivity index (χ3n) is 4.21. The molecule has 0 aromatic rings. The molecule has 1 amide bonds. The van der Waals surface area contributed by atoms with Crippen LogP contribution in [0.15, 0.2) is 0 Å². The summed E-state index contributed by atoms with van der Waals surface area (Å²) in [5, 5.41) is 2.80. The normalized spacial score (nSPS) is 11.5. The topological polar surface area (TPSA) is 84.5 Å². The van der Waals surface area contributed by atoms with Crippen molar-refractivity contribution >= 4 is 5.91 Å². The molecular weight excluding hydrogens is 402 g/mol. The number of carbonyl (C=O) groups excluding carboxylic acids is 1. The molecule has 8 heteroatoms. The summed E-state index contributed by atoms with van der Waals surface area (Å²) >= 11 is 0. The van der Waals surface area contributed by atoms with Crippen LogP contribution >= 0.6 is 0 Å². The first-order valence-corrected chi connectivity index (χ1v) is 11.8. The summed E-state index contributed by atoms with van der Waals surface area (Å²) in [6.07, 6.45) is 2.47. The zero-order valence-corrected chi connectivity index (χ0v) is 20.3. The maximum absolute atomic E-state index is 11.7. The highest BCUT2D eigenvalue weighted by molar-refractivity contribution is 5.75. The van der Waals surface area contributed by atoms with Gasteiger partial charge in [-0.1, -0.05) is 27.7 Å². The standard InChI is InChI=1S/C23H47NO7/c1-21(2)5-9-26-13-17-30-19-15-28-11-7-23(25)24-8-12-29-16-20-31-18-14-27-10-6-22(3)4/h21-22H,5-20H2,1-4H3,(H,24,25). The average Bonchev–Trinajstić information content (AvgIpc) is 2.72. The molecule has 1 N–H and O–H groups in total. The largest absolute Gasteiger partial charge is 0.379 e. The molecule has 186 valence electrons. The van der Waals surface area contributed by atoms with Gasteiger partial charge in [0.2, 0.25) is 5.91 Å². The van der Waals surface area contributed by atoms with E-state index in [2.05, 4.69) is 33.0 Å². The molecule has 0 aromatic carbocycles. The minimum absolute atomic E-state index is 0.0436. The van der Waals surface area contributed by atoms with E-state index in [0.717, 1.165) is 26.1 Å². The highest BCUT2D eigenvalue weighted by atomic mass is 16.5. The summed E-state index contributed by atoms with van der Waals surface area (Å²) in [7, 11) is 0. The molecule has 0 saturated carbocycles. The molecule has 0 radical (unpaired) electrons. The quantitative estimate of drug-likeness (QED) is 0.227. The Balaban J connectivity index is 3.17. The van der Waals surface area contributed by atoms with Gasteiger partial charge in [0.15, 0.2) is 0 Å². The van der Waals surface area contributed by atoms with Crippen molar-refractivity contribution in [2.75, 3.05) is 85.8 Å². The Bertz CT molecular complexity index is 381. The van der Waals surface area contributed by atoms with Crippen molar-refractivity contribution in [2.24, 2.45) is 11.8 Å². The first kappa shape index (κ1) is 30.2. The van der Waals surface area contributed by atoms with E-state index in [4.69, 9.17) is 28.4 Å². The summed E-state index contributed by atoms with van der Waals surface area (Å²) in [5.41, 5.74) is 0. The number of hydrogen-bond acceptors (Lipinski definition) is 7. The lowest BCUT2D eigenvalue weighted by atomic mass is 10.1. The van der Waals surface area contributed by atoms with Gasteiger partial charge in [-0.2, -0.15) is 0 Å². The van der Waals surface area contributed by atoms with E-state index in [9.17, 15) is 4.79 Å². The first-order chi connectivity index (χ1) is 15.0. The molecule has 0 heterocycles. The Morgan fingerprint density at radius 2 is 0.903 bits per heavy atom. The molecule has 0 aliphatic carbocycles. The fourth-order valence-corrected chi connectivity index (χ4v) is 2.24. The number of ether oxygens (including phenoxy) is 6. The van der Waals surface area contributed by atoms with Gasteiger partial charge in [-0.05, 0) is 24.7 Å². The molecule has 0 aliphatic rings. The Morgan fingerprint density at radius 1 is 0.548 bits per heavy atom. The monoisotopic (exact) mass is 449 g/mol. The van der Waals surface area contributed by atoms with E-state index >= 15 is 0 Å². The lowest BCUT2D eigenvalue weighted by Crippen LogP contribution is -2.28. The summed E-state index contributed by atoms with van der Waals surface area (Å²) in [4.78, 5) is 11.7. The Morgan fingerprint density at radius 3 is 1.32 bits per heavy atom. The summed E-state index contributed by atoms with van der Waals surface area (Å²) in [6.45, 7) is 16.0. The maximum Gasteiger partial charge on any atom is 0.222 e. The Kier molecular flexibility index (Phi) is 23.3. The molecule has 0 saturated heterocycles. The highest BCUT2D eigenvalue weighted by Gasteiger charge is 2.01. The van der Waals surface area contributed by atoms with Gasteiger partial charge in [-0.15, -0.1) is 0 Å². The zero-order valence-electron chi connectivity index (χ0n) is 20.3. The molecule has 0 aliphatic heterocycles. The van der Waals surface area contributed by atoms with E-state index in [1.807, 2.05) is 0 Å². The number of amides is 1. The molecule has 0 bridgehead atoms. The van der Waals surface area contributed by atoms with Crippen molar-refractivity contribution in [3.8, 4) is 0 Å². The lowest BCUT2D eigenvalue weighted by molar-refractivity contribution is -0.122. The molecule has 0 spiro atoms. The second-order valence-electron chi connectivity index (χ2n) is 8.14. The number of hydrogen-bond donors (Lipinski definition) is 1. The molecular formula is C23H47NO7. The van der Waals surface area contributed by atoms with Crippen LogP contribution < -0.4 is 5.32 Å². The molecule has 0 rings (SSSR count). The van der Waals surface area contributed by atoms with Crippen LogP contribution in [0.5, 0.6) is 0 Å². The van der Waals surface area contributed by atoms with Crippen molar-refractivity contribution in [3.63, 3.8) is 0 Å². The maximum atomic E-state index is 11.7. The van der Waals surface area contributed by atoms with Crippen LogP contribution in [0.3, 0.4) is 0 Å². The van der Waals surface area contributed by atoms with Gasteiger partial charge in [-0.25, -0.2) is 0 Å². The van der Waals surface area contributed by atoms with Crippen LogP contribution in [0.4, 0.5) is 0 Å². The molecule has 0 fully saturated rings. The minimum Gasteiger partial charge on any atom is -0.379 e. The van der Waals surface area contributed by atoms with E-state index in [0.29, 0.717) is 90.9 Å². The van der Waals surface area contributed by atoms with Gasteiger partial charge in [0.1, 0.15) is 0 Å². The second-order valence-corrected chi connectivity index (χ2v) is 8.14. The third kappa shape index (κ3) is 27.2. The predicted octanol–water partition coefficient (Wildman–Crippen LogP) is 2.68. The van der Waals surface area contributed by atoms with Gasteiger partial charge >= 0.3 is 0 Å². The van der Waals surface area contributed by atoms with Gasteiger partial charge in [-0.3, -0.25) is 4.79 Å². The van der Waals surface area contributed by atoms with Crippen molar-refractivity contribution in [1.29, 1.82) is 0 Å². The Labute approximate surface area is 189 Å². The average molecular weight is 450 g/mol.